The van der Waals surface area contributed by atoms with Gasteiger partial charge in [-0.05, 0) is 35.8 Å². The van der Waals surface area contributed by atoms with E-state index in [1.807, 2.05) is 0 Å². The summed E-state index contributed by atoms with van der Waals surface area (Å²) >= 11 is 2.93. The molecule has 0 saturated carbocycles. The predicted molar refractivity (Wildman–Crippen MR) is 66.7 cm³/mol. The van der Waals surface area contributed by atoms with Crippen LogP contribution in [0.25, 0.3) is 0 Å². The molecule has 1 N–H and O–H groups in total. The summed E-state index contributed by atoms with van der Waals surface area (Å²) in [5.41, 5.74) is -0.946. The summed E-state index contributed by atoms with van der Waals surface area (Å²) in [6, 6.07) is -0.0255. The number of hydrogen-bond acceptors (Lipinski definition) is 4. The molecule has 1 heterocycles. The Labute approximate surface area is 116 Å². The van der Waals surface area contributed by atoms with Gasteiger partial charge in [0.05, 0.1) is 12.2 Å². The third-order valence-corrected chi connectivity index (χ3v) is 2.59. The number of nitrogens with one attached hydrogen (secondary N) is 1. The van der Waals surface area contributed by atoms with Gasteiger partial charge >= 0.3 is 12.1 Å². The lowest BCUT2D eigenvalue weighted by molar-refractivity contribution is -0.144. The summed E-state index contributed by atoms with van der Waals surface area (Å²) in [5, 5.41) is 2.40. The number of rotatable bonds is 4. The summed E-state index contributed by atoms with van der Waals surface area (Å²) in [6.45, 7) is 3.18. The van der Waals surface area contributed by atoms with Gasteiger partial charge in [0.25, 0.3) is 0 Å². The highest BCUT2D eigenvalue weighted by Crippen LogP contribution is 2.35. The van der Waals surface area contributed by atoms with Gasteiger partial charge in [0.1, 0.15) is 11.9 Å². The molecule has 0 aliphatic rings. The van der Waals surface area contributed by atoms with Crippen molar-refractivity contribution >= 4 is 27.7 Å². The monoisotopic (exact) mass is 340 g/mol. The van der Waals surface area contributed by atoms with Crippen molar-refractivity contribution in [3.8, 4) is 0 Å². The quantitative estimate of drug-likeness (QED) is 0.855. The van der Waals surface area contributed by atoms with Crippen molar-refractivity contribution in [1.82, 2.24) is 4.98 Å². The normalized spacial score (nSPS) is 12.9. The van der Waals surface area contributed by atoms with Crippen molar-refractivity contribution < 1.29 is 22.7 Å². The first kappa shape index (κ1) is 15.7. The van der Waals surface area contributed by atoms with Crippen molar-refractivity contribution in [3.05, 3.63) is 22.3 Å². The van der Waals surface area contributed by atoms with E-state index in [0.29, 0.717) is 0 Å². The molecule has 0 bridgehead atoms. The number of alkyl halides is 3. The Balaban J connectivity index is 2.98. The number of aromatic nitrogens is 1. The molecule has 0 aliphatic carbocycles. The first-order chi connectivity index (χ1) is 8.75. The van der Waals surface area contributed by atoms with Gasteiger partial charge in [-0.25, -0.2) is 9.78 Å². The number of carbonyl (C=O) groups is 1. The van der Waals surface area contributed by atoms with Crippen molar-refractivity contribution in [1.29, 1.82) is 0 Å². The topological polar surface area (TPSA) is 51.2 Å². The third kappa shape index (κ3) is 4.38. The molecule has 0 spiro atoms. The Morgan fingerprint density at radius 1 is 1.58 bits per heavy atom. The number of ether oxygens (including phenoxy) is 1. The molecule has 8 heteroatoms. The van der Waals surface area contributed by atoms with Gasteiger partial charge in [-0.1, -0.05) is 0 Å². The van der Waals surface area contributed by atoms with Gasteiger partial charge in [0.15, 0.2) is 0 Å². The Morgan fingerprint density at radius 3 is 2.74 bits per heavy atom. The molecule has 1 aromatic rings. The molecule has 0 aromatic carbocycles. The fraction of sp³-hybridized carbons (Fsp3) is 0.455. The summed E-state index contributed by atoms with van der Waals surface area (Å²) < 4.78 is 43.3. The first-order valence-corrected chi connectivity index (χ1v) is 6.21. The molecule has 1 atom stereocenters. The maximum absolute atomic E-state index is 12.8. The minimum absolute atomic E-state index is 0.157. The van der Waals surface area contributed by atoms with Crippen molar-refractivity contribution in [3.63, 3.8) is 0 Å². The molecule has 106 valence electrons. The molecule has 1 unspecified atom stereocenters. The highest BCUT2D eigenvalue weighted by atomic mass is 79.9. The Morgan fingerprint density at radius 2 is 2.21 bits per heavy atom. The fourth-order valence-corrected chi connectivity index (χ4v) is 1.63. The van der Waals surface area contributed by atoms with Crippen LogP contribution < -0.4 is 5.32 Å². The summed E-state index contributed by atoms with van der Waals surface area (Å²) in [4.78, 5) is 15.0. The van der Waals surface area contributed by atoms with Crippen LogP contribution in [0.4, 0.5) is 19.0 Å². The molecule has 0 aliphatic heterocycles. The van der Waals surface area contributed by atoms with E-state index in [1.54, 1.807) is 6.92 Å². The van der Waals surface area contributed by atoms with Crippen LogP contribution in [0.1, 0.15) is 19.4 Å². The van der Waals surface area contributed by atoms with Crippen LogP contribution in [0.2, 0.25) is 0 Å². The van der Waals surface area contributed by atoms with Crippen LogP contribution in [0.15, 0.2) is 16.7 Å². The largest absolute Gasteiger partial charge is 0.464 e. The molecule has 1 rings (SSSR count). The second kappa shape index (κ2) is 6.23. The van der Waals surface area contributed by atoms with Crippen molar-refractivity contribution in [2.75, 3.05) is 11.9 Å². The number of halogens is 4. The summed E-state index contributed by atoms with van der Waals surface area (Å²) in [5.74, 6) is -1.04. The van der Waals surface area contributed by atoms with Crippen molar-refractivity contribution in [2.45, 2.75) is 26.1 Å². The zero-order valence-electron chi connectivity index (χ0n) is 10.2. The Kier molecular flexibility index (Phi) is 5.16. The lowest BCUT2D eigenvalue weighted by Gasteiger charge is -2.17. The maximum Gasteiger partial charge on any atom is 0.419 e. The SMILES string of the molecule is CCOC(=O)C(C)Nc1ncc(Br)cc1C(F)(F)F. The highest BCUT2D eigenvalue weighted by molar-refractivity contribution is 9.10. The zero-order chi connectivity index (χ0) is 14.6. The van der Waals surface area contributed by atoms with Crippen LogP contribution in [-0.2, 0) is 15.7 Å². The number of esters is 1. The Hall–Kier alpha value is -1.31. The summed E-state index contributed by atoms with van der Waals surface area (Å²) in [6.07, 6.45) is -3.34. The lowest BCUT2D eigenvalue weighted by Crippen LogP contribution is -2.29. The van der Waals surface area contributed by atoms with Gasteiger partial charge < -0.3 is 10.1 Å². The molecule has 4 nitrogen and oxygen atoms in total. The number of anilines is 1. The number of pyridine rings is 1. The van der Waals surface area contributed by atoms with Gasteiger partial charge in [0.2, 0.25) is 0 Å². The van der Waals surface area contributed by atoms with Crippen LogP contribution in [0, 0.1) is 0 Å². The van der Waals surface area contributed by atoms with E-state index >= 15 is 0 Å². The van der Waals surface area contributed by atoms with Gasteiger partial charge in [-0.15, -0.1) is 0 Å². The molecule has 1 aromatic heterocycles. The fourth-order valence-electron chi connectivity index (χ4n) is 1.30. The average molecular weight is 341 g/mol. The molecular weight excluding hydrogens is 329 g/mol. The molecule has 0 fully saturated rings. The van der Waals surface area contributed by atoms with Gasteiger partial charge in [-0.3, -0.25) is 0 Å². The van der Waals surface area contributed by atoms with E-state index in [2.05, 4.69) is 26.2 Å². The lowest BCUT2D eigenvalue weighted by atomic mass is 10.2. The second-order valence-electron chi connectivity index (χ2n) is 3.67. The van der Waals surface area contributed by atoms with Crippen LogP contribution in [0.3, 0.4) is 0 Å². The standard InChI is InChI=1S/C11H12BrF3N2O2/c1-3-19-10(18)6(2)17-9-8(11(13,14)15)4-7(12)5-16-9/h4-6H,3H2,1-2H3,(H,16,17). The predicted octanol–water partition coefficient (Wildman–Crippen LogP) is 3.23. The molecule has 0 saturated heterocycles. The maximum atomic E-state index is 12.8. The number of hydrogen-bond donors (Lipinski definition) is 1. The minimum Gasteiger partial charge on any atom is -0.464 e. The van der Waals surface area contributed by atoms with Crippen LogP contribution in [0.5, 0.6) is 0 Å². The highest BCUT2D eigenvalue weighted by Gasteiger charge is 2.35. The van der Waals surface area contributed by atoms with Gasteiger partial charge in [0, 0.05) is 10.7 Å². The van der Waals surface area contributed by atoms with Crippen LogP contribution >= 0.6 is 15.9 Å². The minimum atomic E-state index is -4.56. The molecular formula is C11H12BrF3N2O2. The number of carbonyl (C=O) groups excluding carboxylic acids is 1. The molecule has 0 radical (unpaired) electrons. The smallest absolute Gasteiger partial charge is 0.419 e. The average Bonchev–Trinajstić information content (AvgIpc) is 2.30. The van der Waals surface area contributed by atoms with Gasteiger partial charge in [-0.2, -0.15) is 13.2 Å². The first-order valence-electron chi connectivity index (χ1n) is 5.41. The van der Waals surface area contributed by atoms with E-state index in [9.17, 15) is 18.0 Å². The summed E-state index contributed by atoms with van der Waals surface area (Å²) in [7, 11) is 0. The van der Waals surface area contributed by atoms with E-state index in [1.165, 1.54) is 13.1 Å². The number of nitrogens with zero attached hydrogens (tertiary/aromatic N) is 1. The van der Waals surface area contributed by atoms with E-state index in [4.69, 9.17) is 4.74 Å². The van der Waals surface area contributed by atoms with Crippen LogP contribution in [-0.4, -0.2) is 23.6 Å². The van der Waals surface area contributed by atoms with E-state index in [-0.39, 0.29) is 11.1 Å². The van der Waals surface area contributed by atoms with E-state index in [0.717, 1.165) is 6.07 Å². The Bertz CT molecular complexity index is 466. The van der Waals surface area contributed by atoms with Crippen molar-refractivity contribution in [2.24, 2.45) is 0 Å². The molecule has 19 heavy (non-hydrogen) atoms. The molecule has 0 amide bonds. The third-order valence-electron chi connectivity index (χ3n) is 2.15. The second-order valence-corrected chi connectivity index (χ2v) is 4.58. The van der Waals surface area contributed by atoms with E-state index < -0.39 is 29.6 Å². The zero-order valence-corrected chi connectivity index (χ0v) is 11.8.